The van der Waals surface area contributed by atoms with Crippen LogP contribution in [0.1, 0.15) is 38.3 Å². The number of rotatable bonds is 5. The van der Waals surface area contributed by atoms with Crippen molar-refractivity contribution in [2.75, 3.05) is 0 Å². The maximum atomic E-state index is 5.95. The summed E-state index contributed by atoms with van der Waals surface area (Å²) in [5.41, 5.74) is 7.99. The quantitative estimate of drug-likeness (QED) is 0.828. The van der Waals surface area contributed by atoms with Crippen molar-refractivity contribution in [1.29, 1.82) is 0 Å². The van der Waals surface area contributed by atoms with Crippen molar-refractivity contribution in [3.05, 3.63) is 29.3 Å². The van der Waals surface area contributed by atoms with Crippen molar-refractivity contribution in [2.45, 2.75) is 46.8 Å². The van der Waals surface area contributed by atoms with E-state index in [0.29, 0.717) is 12.5 Å². The first-order valence-electron chi connectivity index (χ1n) is 5.99. The molecule has 16 heavy (non-hydrogen) atoms. The molecule has 0 aliphatic heterocycles. The molecular weight excluding hydrogens is 198 g/mol. The summed E-state index contributed by atoms with van der Waals surface area (Å²) in [5.74, 6) is 1.59. The third kappa shape index (κ3) is 3.86. The number of ether oxygens (including phenoxy) is 1. The second kappa shape index (κ2) is 5.90. The van der Waals surface area contributed by atoms with Crippen molar-refractivity contribution < 1.29 is 4.74 Å². The minimum Gasteiger partial charge on any atom is -0.490 e. The Balaban J connectivity index is 2.74. The van der Waals surface area contributed by atoms with Crippen LogP contribution in [0.15, 0.2) is 18.2 Å². The molecule has 0 bridgehead atoms. The third-order valence-electron chi connectivity index (χ3n) is 2.57. The van der Waals surface area contributed by atoms with Gasteiger partial charge in [0.15, 0.2) is 0 Å². The van der Waals surface area contributed by atoms with Crippen molar-refractivity contribution >= 4 is 0 Å². The van der Waals surface area contributed by atoms with Crippen molar-refractivity contribution in [3.8, 4) is 5.75 Å². The molecule has 0 spiro atoms. The van der Waals surface area contributed by atoms with Gasteiger partial charge in [-0.3, -0.25) is 0 Å². The molecule has 0 amide bonds. The molecule has 2 N–H and O–H groups in total. The minimum atomic E-state index is 0.243. The van der Waals surface area contributed by atoms with Crippen molar-refractivity contribution in [1.82, 2.24) is 0 Å². The van der Waals surface area contributed by atoms with E-state index < -0.39 is 0 Å². The zero-order valence-corrected chi connectivity index (χ0v) is 10.8. The molecule has 1 rings (SSSR count). The van der Waals surface area contributed by atoms with Crippen LogP contribution in [0.2, 0.25) is 0 Å². The number of hydrogen-bond donors (Lipinski definition) is 1. The maximum Gasteiger partial charge on any atom is 0.124 e. The van der Waals surface area contributed by atoms with Gasteiger partial charge in [-0.1, -0.05) is 26.0 Å². The minimum absolute atomic E-state index is 0.243. The van der Waals surface area contributed by atoms with Crippen molar-refractivity contribution in [2.24, 2.45) is 11.7 Å². The van der Waals surface area contributed by atoms with Gasteiger partial charge in [0.1, 0.15) is 5.75 Å². The van der Waals surface area contributed by atoms with Gasteiger partial charge in [-0.25, -0.2) is 0 Å². The standard InChI is InChI=1S/C14H23NO/c1-10(2)7-12(4)16-14-8-11(3)5-6-13(14)9-15/h5-6,8,10,12H,7,9,15H2,1-4H3. The summed E-state index contributed by atoms with van der Waals surface area (Å²) < 4.78 is 5.95. The molecule has 0 aliphatic carbocycles. The van der Waals surface area contributed by atoms with E-state index in [-0.39, 0.29) is 6.10 Å². The van der Waals surface area contributed by atoms with Gasteiger partial charge in [-0.2, -0.15) is 0 Å². The van der Waals surface area contributed by atoms with Crippen LogP contribution in [0.4, 0.5) is 0 Å². The van der Waals surface area contributed by atoms with Crippen LogP contribution < -0.4 is 10.5 Å². The molecule has 1 aromatic rings. The van der Waals surface area contributed by atoms with Gasteiger partial charge in [-0.15, -0.1) is 0 Å². The molecule has 1 aromatic carbocycles. The van der Waals surface area contributed by atoms with Crippen molar-refractivity contribution in [3.63, 3.8) is 0 Å². The van der Waals surface area contributed by atoms with Gasteiger partial charge in [0.25, 0.3) is 0 Å². The second-order valence-electron chi connectivity index (χ2n) is 4.87. The normalized spacial score (nSPS) is 12.9. The zero-order chi connectivity index (χ0) is 12.1. The molecule has 0 saturated carbocycles. The lowest BCUT2D eigenvalue weighted by Gasteiger charge is -2.19. The Morgan fingerprint density at radius 3 is 2.50 bits per heavy atom. The predicted octanol–water partition coefficient (Wildman–Crippen LogP) is 3.27. The van der Waals surface area contributed by atoms with Gasteiger partial charge in [0.05, 0.1) is 6.10 Å². The molecule has 1 unspecified atom stereocenters. The van der Waals surface area contributed by atoms with Gasteiger partial charge < -0.3 is 10.5 Å². The van der Waals surface area contributed by atoms with Crippen LogP contribution in [0.5, 0.6) is 5.75 Å². The van der Waals surface area contributed by atoms with E-state index in [0.717, 1.165) is 17.7 Å². The summed E-state index contributed by atoms with van der Waals surface area (Å²) in [7, 11) is 0. The summed E-state index contributed by atoms with van der Waals surface area (Å²) in [6.45, 7) is 9.13. The van der Waals surface area contributed by atoms with E-state index in [1.807, 2.05) is 6.07 Å². The lowest BCUT2D eigenvalue weighted by atomic mass is 10.1. The van der Waals surface area contributed by atoms with Crippen LogP contribution >= 0.6 is 0 Å². The smallest absolute Gasteiger partial charge is 0.124 e. The molecule has 0 heterocycles. The molecule has 0 aliphatic rings. The number of benzene rings is 1. The highest BCUT2D eigenvalue weighted by Crippen LogP contribution is 2.22. The highest BCUT2D eigenvalue weighted by atomic mass is 16.5. The van der Waals surface area contributed by atoms with Crippen LogP contribution in [0, 0.1) is 12.8 Å². The topological polar surface area (TPSA) is 35.2 Å². The second-order valence-corrected chi connectivity index (χ2v) is 4.87. The van der Waals surface area contributed by atoms with Crippen LogP contribution in [-0.4, -0.2) is 6.10 Å². The van der Waals surface area contributed by atoms with Gasteiger partial charge in [0, 0.05) is 12.1 Å². The Labute approximate surface area is 98.8 Å². The zero-order valence-electron chi connectivity index (χ0n) is 10.8. The largest absolute Gasteiger partial charge is 0.490 e. The summed E-state index contributed by atoms with van der Waals surface area (Å²) in [6.07, 6.45) is 1.31. The Hall–Kier alpha value is -1.02. The SMILES string of the molecule is Cc1ccc(CN)c(OC(C)CC(C)C)c1. The highest BCUT2D eigenvalue weighted by Gasteiger charge is 2.09. The number of nitrogens with two attached hydrogens (primary N) is 1. The van der Waals surface area contributed by atoms with E-state index in [9.17, 15) is 0 Å². The predicted molar refractivity (Wildman–Crippen MR) is 68.6 cm³/mol. The van der Waals surface area contributed by atoms with Crippen LogP contribution in [0.3, 0.4) is 0 Å². The molecular formula is C14H23NO. The lowest BCUT2D eigenvalue weighted by Crippen LogP contribution is -2.16. The van der Waals surface area contributed by atoms with E-state index >= 15 is 0 Å². The van der Waals surface area contributed by atoms with Crippen LogP contribution in [0.25, 0.3) is 0 Å². The molecule has 0 radical (unpaired) electrons. The van der Waals surface area contributed by atoms with Crippen LogP contribution in [-0.2, 0) is 6.54 Å². The highest BCUT2D eigenvalue weighted by molar-refractivity contribution is 5.37. The maximum absolute atomic E-state index is 5.95. The molecule has 2 nitrogen and oxygen atoms in total. The van der Waals surface area contributed by atoms with Gasteiger partial charge in [0.2, 0.25) is 0 Å². The first-order chi connectivity index (χ1) is 7.52. The Morgan fingerprint density at radius 2 is 1.94 bits per heavy atom. The summed E-state index contributed by atoms with van der Waals surface area (Å²) in [6, 6.07) is 6.19. The summed E-state index contributed by atoms with van der Waals surface area (Å²) in [4.78, 5) is 0. The average Bonchev–Trinajstić information content (AvgIpc) is 2.16. The summed E-state index contributed by atoms with van der Waals surface area (Å²) in [5, 5.41) is 0. The fourth-order valence-corrected chi connectivity index (χ4v) is 1.87. The monoisotopic (exact) mass is 221 g/mol. The van der Waals surface area contributed by atoms with Gasteiger partial charge in [-0.05, 0) is 37.8 Å². The third-order valence-corrected chi connectivity index (χ3v) is 2.57. The molecule has 0 saturated heterocycles. The first-order valence-corrected chi connectivity index (χ1v) is 5.99. The Morgan fingerprint density at radius 1 is 1.25 bits per heavy atom. The Bertz CT molecular complexity index is 334. The number of hydrogen-bond acceptors (Lipinski definition) is 2. The fourth-order valence-electron chi connectivity index (χ4n) is 1.87. The average molecular weight is 221 g/mol. The van der Waals surface area contributed by atoms with E-state index in [2.05, 4.69) is 39.8 Å². The number of aryl methyl sites for hydroxylation is 1. The van der Waals surface area contributed by atoms with E-state index in [4.69, 9.17) is 10.5 Å². The molecule has 1 atom stereocenters. The lowest BCUT2D eigenvalue weighted by molar-refractivity contribution is 0.191. The van der Waals surface area contributed by atoms with E-state index in [1.54, 1.807) is 0 Å². The van der Waals surface area contributed by atoms with E-state index in [1.165, 1.54) is 5.56 Å². The molecule has 0 aromatic heterocycles. The fraction of sp³-hybridized carbons (Fsp3) is 0.571. The molecule has 90 valence electrons. The molecule has 0 fully saturated rings. The first kappa shape index (κ1) is 13.0. The summed E-state index contributed by atoms with van der Waals surface area (Å²) >= 11 is 0. The molecule has 2 heteroatoms. The van der Waals surface area contributed by atoms with Gasteiger partial charge >= 0.3 is 0 Å². The Kier molecular flexibility index (Phi) is 4.81.